The van der Waals surface area contributed by atoms with Crippen molar-refractivity contribution in [2.24, 2.45) is 0 Å². The molecule has 0 radical (unpaired) electrons. The first-order valence-electron chi connectivity index (χ1n) is 9.60. The summed E-state index contributed by atoms with van der Waals surface area (Å²) < 4.78 is 6.80. The number of nitrogens with zero attached hydrogens (tertiary/aromatic N) is 3. The number of aryl methyl sites for hydroxylation is 5. The van der Waals surface area contributed by atoms with Gasteiger partial charge >= 0.3 is 0 Å². The molecule has 0 amide bonds. The summed E-state index contributed by atoms with van der Waals surface area (Å²) in [5.41, 5.74) is 5.19. The molecule has 0 atom stereocenters. The Morgan fingerprint density at radius 2 is 1.12 bits per heavy atom. The standard InChI is InChI=1S/C23H30N3/c1-4-10-24-13-6-22(7-14-24)23-8-15-25(16-9-23)11-5-12-26-18-20(2)17-21(3)19-26/h6-9,13-19H,4-5,10-12H2,1-3H3/q+3. The molecule has 0 saturated heterocycles. The molecule has 3 heteroatoms. The van der Waals surface area contributed by atoms with Crippen LogP contribution in [0.1, 0.15) is 30.9 Å². The molecule has 0 saturated carbocycles. The summed E-state index contributed by atoms with van der Waals surface area (Å²) in [4.78, 5) is 0. The van der Waals surface area contributed by atoms with Gasteiger partial charge in [0.2, 0.25) is 0 Å². The van der Waals surface area contributed by atoms with Crippen LogP contribution in [0.2, 0.25) is 0 Å². The summed E-state index contributed by atoms with van der Waals surface area (Å²) in [6.45, 7) is 9.68. The van der Waals surface area contributed by atoms with E-state index in [0.717, 1.165) is 32.5 Å². The molecule has 0 bridgehead atoms. The lowest BCUT2D eigenvalue weighted by Crippen LogP contribution is -2.38. The predicted octanol–water partition coefficient (Wildman–Crippen LogP) is 3.33. The molecular formula is C23H30N3+3. The van der Waals surface area contributed by atoms with Crippen LogP contribution in [0.4, 0.5) is 0 Å². The van der Waals surface area contributed by atoms with E-state index in [1.54, 1.807) is 0 Å². The highest BCUT2D eigenvalue weighted by atomic mass is 15.0. The summed E-state index contributed by atoms with van der Waals surface area (Å²) in [5.74, 6) is 0. The molecule has 3 rings (SSSR count). The molecule has 0 aliphatic carbocycles. The Morgan fingerprint density at radius 1 is 0.654 bits per heavy atom. The fourth-order valence-electron chi connectivity index (χ4n) is 3.41. The monoisotopic (exact) mass is 348 g/mol. The van der Waals surface area contributed by atoms with Gasteiger partial charge in [0.1, 0.15) is 6.54 Å². The van der Waals surface area contributed by atoms with Crippen molar-refractivity contribution in [3.8, 4) is 11.1 Å². The van der Waals surface area contributed by atoms with Crippen molar-refractivity contribution in [1.82, 2.24) is 0 Å². The Labute approximate surface area is 157 Å². The number of hydrogen-bond acceptors (Lipinski definition) is 0. The van der Waals surface area contributed by atoms with Crippen LogP contribution in [-0.4, -0.2) is 0 Å². The molecule has 3 heterocycles. The molecule has 134 valence electrons. The van der Waals surface area contributed by atoms with E-state index in [0.29, 0.717) is 0 Å². The minimum absolute atomic E-state index is 1.03. The van der Waals surface area contributed by atoms with E-state index in [4.69, 9.17) is 0 Å². The highest BCUT2D eigenvalue weighted by Gasteiger charge is 2.08. The largest absolute Gasteiger partial charge is 0.205 e. The van der Waals surface area contributed by atoms with Gasteiger partial charge in [-0.05, 0) is 31.0 Å². The summed E-state index contributed by atoms with van der Waals surface area (Å²) in [6.07, 6.45) is 15.4. The maximum absolute atomic E-state index is 2.30. The molecule has 0 aliphatic heterocycles. The average Bonchev–Trinajstić information content (AvgIpc) is 2.63. The molecule has 0 fully saturated rings. The normalized spacial score (nSPS) is 10.9. The summed E-state index contributed by atoms with van der Waals surface area (Å²) in [7, 11) is 0. The van der Waals surface area contributed by atoms with Gasteiger partial charge in [0.05, 0.1) is 6.42 Å². The van der Waals surface area contributed by atoms with E-state index < -0.39 is 0 Å². The topological polar surface area (TPSA) is 11.6 Å². The minimum Gasteiger partial charge on any atom is -0.205 e. The second kappa shape index (κ2) is 8.70. The molecule has 3 aromatic heterocycles. The number of aromatic nitrogens is 3. The van der Waals surface area contributed by atoms with E-state index in [2.05, 4.69) is 102 Å². The second-order valence-corrected chi connectivity index (χ2v) is 7.13. The molecular weight excluding hydrogens is 318 g/mol. The fraction of sp³-hybridized carbons (Fsp3) is 0.348. The Hall–Kier alpha value is -2.55. The van der Waals surface area contributed by atoms with E-state index in [-0.39, 0.29) is 0 Å². The first-order valence-corrected chi connectivity index (χ1v) is 9.60. The fourth-order valence-corrected chi connectivity index (χ4v) is 3.41. The van der Waals surface area contributed by atoms with Crippen molar-refractivity contribution in [3.63, 3.8) is 0 Å². The maximum atomic E-state index is 2.30. The first-order chi connectivity index (χ1) is 12.6. The molecule has 0 spiro atoms. The molecule has 0 aromatic carbocycles. The van der Waals surface area contributed by atoms with Gasteiger partial charge in [0, 0.05) is 41.8 Å². The smallest absolute Gasteiger partial charge is 0.171 e. The predicted molar refractivity (Wildman–Crippen MR) is 103 cm³/mol. The third-order valence-electron chi connectivity index (χ3n) is 4.62. The lowest BCUT2D eigenvalue weighted by atomic mass is 10.1. The van der Waals surface area contributed by atoms with Crippen LogP contribution in [-0.2, 0) is 19.6 Å². The third kappa shape index (κ3) is 4.98. The van der Waals surface area contributed by atoms with E-state index in [1.807, 2.05) is 0 Å². The maximum Gasteiger partial charge on any atom is 0.171 e. The SMILES string of the molecule is CCC[n+]1ccc(-c2cc[n+](CCC[n+]3cc(C)cc(C)c3)cc2)cc1. The van der Waals surface area contributed by atoms with E-state index in [1.165, 1.54) is 22.3 Å². The highest BCUT2D eigenvalue weighted by Crippen LogP contribution is 2.15. The molecule has 26 heavy (non-hydrogen) atoms. The highest BCUT2D eigenvalue weighted by molar-refractivity contribution is 5.60. The Kier molecular flexibility index (Phi) is 6.11. The lowest BCUT2D eigenvalue weighted by molar-refractivity contribution is -0.727. The van der Waals surface area contributed by atoms with Gasteiger partial charge in [-0.25, -0.2) is 13.7 Å². The molecule has 0 unspecified atom stereocenters. The molecule has 3 nitrogen and oxygen atoms in total. The van der Waals surface area contributed by atoms with Crippen LogP contribution in [0.15, 0.2) is 67.5 Å². The van der Waals surface area contributed by atoms with Crippen molar-refractivity contribution in [3.05, 3.63) is 78.6 Å². The van der Waals surface area contributed by atoms with Gasteiger partial charge in [-0.2, -0.15) is 0 Å². The van der Waals surface area contributed by atoms with Crippen molar-refractivity contribution >= 4 is 0 Å². The Bertz CT molecular complexity index is 816. The number of hydrogen-bond donors (Lipinski definition) is 0. The first kappa shape index (κ1) is 18.2. The van der Waals surface area contributed by atoms with Gasteiger partial charge in [-0.1, -0.05) is 6.92 Å². The molecule has 0 aliphatic rings. The third-order valence-corrected chi connectivity index (χ3v) is 4.62. The van der Waals surface area contributed by atoms with Crippen LogP contribution >= 0.6 is 0 Å². The zero-order valence-corrected chi connectivity index (χ0v) is 16.2. The van der Waals surface area contributed by atoms with E-state index >= 15 is 0 Å². The second-order valence-electron chi connectivity index (χ2n) is 7.13. The molecule has 0 N–H and O–H groups in total. The summed E-state index contributed by atoms with van der Waals surface area (Å²) in [5, 5.41) is 0. The van der Waals surface area contributed by atoms with Crippen molar-refractivity contribution in [1.29, 1.82) is 0 Å². The van der Waals surface area contributed by atoms with E-state index in [9.17, 15) is 0 Å². The van der Waals surface area contributed by atoms with Crippen molar-refractivity contribution < 1.29 is 13.7 Å². The zero-order chi connectivity index (χ0) is 18.4. The lowest BCUT2D eigenvalue weighted by Gasteiger charge is -2.02. The van der Waals surface area contributed by atoms with Crippen LogP contribution < -0.4 is 13.7 Å². The Balaban J connectivity index is 1.57. The Morgan fingerprint density at radius 3 is 1.62 bits per heavy atom. The number of pyridine rings is 3. The van der Waals surface area contributed by atoms with Gasteiger partial charge in [0.15, 0.2) is 50.3 Å². The van der Waals surface area contributed by atoms with Gasteiger partial charge in [0.25, 0.3) is 0 Å². The summed E-state index contributed by atoms with van der Waals surface area (Å²) in [6, 6.07) is 11.0. The van der Waals surface area contributed by atoms with Gasteiger partial charge < -0.3 is 0 Å². The van der Waals surface area contributed by atoms with Crippen molar-refractivity contribution in [2.75, 3.05) is 0 Å². The quantitative estimate of drug-likeness (QED) is 0.581. The number of rotatable bonds is 7. The minimum atomic E-state index is 1.03. The summed E-state index contributed by atoms with van der Waals surface area (Å²) >= 11 is 0. The van der Waals surface area contributed by atoms with Crippen LogP contribution in [0.25, 0.3) is 11.1 Å². The van der Waals surface area contributed by atoms with Crippen LogP contribution in [0.5, 0.6) is 0 Å². The zero-order valence-electron chi connectivity index (χ0n) is 16.2. The van der Waals surface area contributed by atoms with Crippen molar-refractivity contribution in [2.45, 2.75) is 53.2 Å². The van der Waals surface area contributed by atoms with Gasteiger partial charge in [-0.15, -0.1) is 0 Å². The molecule has 3 aromatic rings. The average molecular weight is 349 g/mol. The van der Waals surface area contributed by atoms with Crippen LogP contribution in [0.3, 0.4) is 0 Å². The van der Waals surface area contributed by atoms with Crippen LogP contribution in [0, 0.1) is 13.8 Å². The van der Waals surface area contributed by atoms with Gasteiger partial charge in [-0.3, -0.25) is 0 Å².